The van der Waals surface area contributed by atoms with Gasteiger partial charge < -0.3 is 25.8 Å². The molecule has 10 heteroatoms. The van der Waals surface area contributed by atoms with Crippen LogP contribution in [0.4, 0.5) is 19.3 Å². The predicted octanol–water partition coefficient (Wildman–Crippen LogP) is 1.87. The van der Waals surface area contributed by atoms with Crippen molar-refractivity contribution in [3.05, 3.63) is 72.1 Å². The molecule has 3 atom stereocenters. The number of urea groups is 1. The number of pyridine rings is 1. The Hall–Kier alpha value is -3.37. The smallest absolute Gasteiger partial charge is 0.319 e. The molecule has 8 nitrogen and oxygen atoms in total. The highest BCUT2D eigenvalue weighted by molar-refractivity contribution is 5.89. The van der Waals surface area contributed by atoms with Crippen LogP contribution in [0.1, 0.15) is 12.1 Å². The molecule has 1 aromatic heterocycles. The van der Waals surface area contributed by atoms with E-state index in [4.69, 9.17) is 4.74 Å². The predicted molar refractivity (Wildman–Crippen MR) is 108 cm³/mol. The molecule has 0 spiro atoms. The molecule has 0 unspecified atom stereocenters. The molecule has 3 rings (SSSR count). The number of aliphatic hydroxyl groups excluding tert-OH is 1. The molecule has 31 heavy (non-hydrogen) atoms. The number of amides is 3. The number of aromatic nitrogens is 1. The van der Waals surface area contributed by atoms with Gasteiger partial charge in [0.1, 0.15) is 17.7 Å². The number of nitrogens with one attached hydrogen (secondary N) is 3. The number of hydrogen-bond acceptors (Lipinski definition) is 5. The van der Waals surface area contributed by atoms with Crippen molar-refractivity contribution in [2.45, 2.75) is 31.2 Å². The number of hydrogen-bond donors (Lipinski definition) is 4. The largest absolute Gasteiger partial charge is 0.394 e. The van der Waals surface area contributed by atoms with Gasteiger partial charge in [-0.05, 0) is 24.3 Å². The van der Waals surface area contributed by atoms with Crippen LogP contribution < -0.4 is 16.0 Å². The van der Waals surface area contributed by atoms with Crippen molar-refractivity contribution >= 4 is 17.6 Å². The van der Waals surface area contributed by atoms with Crippen molar-refractivity contribution < 1.29 is 28.2 Å². The number of halogens is 2. The maximum atomic E-state index is 13.7. The molecule has 0 bridgehead atoms. The van der Waals surface area contributed by atoms with Crippen molar-refractivity contribution in [2.24, 2.45) is 0 Å². The lowest BCUT2D eigenvalue weighted by Crippen LogP contribution is -2.50. The van der Waals surface area contributed by atoms with Gasteiger partial charge in [0.2, 0.25) is 5.91 Å². The monoisotopic (exact) mass is 432 g/mol. The molecule has 0 aliphatic carbocycles. The first kappa shape index (κ1) is 22.3. The lowest BCUT2D eigenvalue weighted by Gasteiger charge is -2.31. The van der Waals surface area contributed by atoms with E-state index in [0.717, 1.165) is 18.2 Å². The molecule has 164 valence electrons. The van der Waals surface area contributed by atoms with Crippen molar-refractivity contribution in [1.29, 1.82) is 0 Å². The third-order valence-electron chi connectivity index (χ3n) is 4.52. The fourth-order valence-corrected chi connectivity index (χ4v) is 2.99. The first-order chi connectivity index (χ1) is 14.9. The first-order valence-electron chi connectivity index (χ1n) is 9.58. The minimum Gasteiger partial charge on any atom is -0.394 e. The van der Waals surface area contributed by atoms with Gasteiger partial charge in [0.25, 0.3) is 0 Å². The minimum absolute atomic E-state index is 0.0211. The second kappa shape index (κ2) is 10.6. The quantitative estimate of drug-likeness (QED) is 0.499. The van der Waals surface area contributed by atoms with E-state index in [0.29, 0.717) is 5.69 Å². The van der Waals surface area contributed by atoms with Gasteiger partial charge in [-0.25, -0.2) is 13.6 Å². The van der Waals surface area contributed by atoms with Crippen LogP contribution in [0.3, 0.4) is 0 Å². The van der Waals surface area contributed by atoms with E-state index in [9.17, 15) is 23.5 Å². The lowest BCUT2D eigenvalue weighted by atomic mass is 10.0. The topological polar surface area (TPSA) is 113 Å². The zero-order chi connectivity index (χ0) is 22.2. The fourth-order valence-electron chi connectivity index (χ4n) is 2.99. The Morgan fingerprint density at radius 2 is 2.00 bits per heavy atom. The number of carbonyl (C=O) groups excluding carboxylic acids is 2. The van der Waals surface area contributed by atoms with Crippen LogP contribution >= 0.6 is 0 Å². The van der Waals surface area contributed by atoms with E-state index in [1.54, 1.807) is 30.5 Å². The summed E-state index contributed by atoms with van der Waals surface area (Å²) in [5.74, 6) is -1.75. The number of nitrogens with zero attached hydrogens (tertiary/aromatic N) is 1. The van der Waals surface area contributed by atoms with Crippen LogP contribution in [0.5, 0.6) is 0 Å². The van der Waals surface area contributed by atoms with Gasteiger partial charge >= 0.3 is 6.03 Å². The van der Waals surface area contributed by atoms with E-state index in [-0.39, 0.29) is 24.6 Å². The van der Waals surface area contributed by atoms with Crippen LogP contribution in [-0.4, -0.2) is 46.9 Å². The average molecular weight is 432 g/mol. The Morgan fingerprint density at radius 3 is 2.74 bits per heavy atom. The molecule has 2 heterocycles. The summed E-state index contributed by atoms with van der Waals surface area (Å²) in [4.78, 5) is 28.4. The van der Waals surface area contributed by atoms with Gasteiger partial charge in [0, 0.05) is 12.3 Å². The van der Waals surface area contributed by atoms with Crippen LogP contribution in [0, 0.1) is 11.6 Å². The van der Waals surface area contributed by atoms with E-state index < -0.39 is 42.5 Å². The maximum Gasteiger partial charge on any atom is 0.319 e. The van der Waals surface area contributed by atoms with Crippen molar-refractivity contribution in [3.8, 4) is 0 Å². The van der Waals surface area contributed by atoms with Crippen LogP contribution in [-0.2, 0) is 16.1 Å². The van der Waals surface area contributed by atoms with Gasteiger partial charge in [0.05, 0.1) is 43.1 Å². The summed E-state index contributed by atoms with van der Waals surface area (Å²) >= 11 is 0. The van der Waals surface area contributed by atoms with Gasteiger partial charge in [0.15, 0.2) is 0 Å². The molecule has 0 saturated carbocycles. The molecule has 0 radical (unpaired) electrons. The minimum atomic E-state index is -0.818. The second-order valence-corrected chi connectivity index (χ2v) is 6.83. The van der Waals surface area contributed by atoms with Gasteiger partial charge in [-0.3, -0.25) is 9.78 Å². The summed E-state index contributed by atoms with van der Waals surface area (Å²) in [6, 6.07) is 6.54. The number of ether oxygens (including phenoxy) is 1. The number of aliphatic hydroxyl groups is 1. The molecular weight excluding hydrogens is 410 g/mol. The highest BCUT2D eigenvalue weighted by Crippen LogP contribution is 2.18. The van der Waals surface area contributed by atoms with E-state index in [1.165, 1.54) is 0 Å². The highest BCUT2D eigenvalue weighted by Gasteiger charge is 2.29. The molecule has 0 saturated heterocycles. The van der Waals surface area contributed by atoms with E-state index in [2.05, 4.69) is 20.9 Å². The van der Waals surface area contributed by atoms with Crippen LogP contribution in [0.15, 0.2) is 54.7 Å². The molecule has 1 aliphatic heterocycles. The molecule has 0 fully saturated rings. The van der Waals surface area contributed by atoms with Crippen LogP contribution in [0.2, 0.25) is 0 Å². The molecule has 4 N–H and O–H groups in total. The molecule has 1 aliphatic rings. The van der Waals surface area contributed by atoms with Crippen molar-refractivity contribution in [1.82, 2.24) is 15.6 Å². The first-order valence-corrected chi connectivity index (χ1v) is 9.58. The number of carbonyl (C=O) groups is 2. The lowest BCUT2D eigenvalue weighted by molar-refractivity contribution is -0.125. The third kappa shape index (κ3) is 6.56. The molecule has 1 aromatic carbocycles. The molecule has 3 amide bonds. The Bertz CT molecular complexity index is 942. The van der Waals surface area contributed by atoms with E-state index in [1.807, 2.05) is 6.07 Å². The van der Waals surface area contributed by atoms with Gasteiger partial charge in [-0.15, -0.1) is 0 Å². The Labute approximate surface area is 177 Å². The second-order valence-electron chi connectivity index (χ2n) is 6.83. The Balaban J connectivity index is 1.51. The van der Waals surface area contributed by atoms with Crippen molar-refractivity contribution in [2.75, 3.05) is 11.9 Å². The standard InChI is InChI=1S/C21H22F2N4O4/c22-13-4-6-16(23)18(9-13)27-21(30)26-17-7-5-15(31-19(17)12-28)10-20(29)25-11-14-3-1-2-8-24-14/h1-9,15,17,19,28H,10-12H2,(H,25,29)(H2,26,27,30)/t15-,17-,19+/m0/s1. The molecular formula is C21H22F2N4O4. The fraction of sp³-hybridized carbons (Fsp3) is 0.286. The number of rotatable bonds is 7. The summed E-state index contributed by atoms with van der Waals surface area (Å²) in [6.07, 6.45) is 3.42. The normalized spacial score (nSPS) is 20.2. The Morgan fingerprint density at radius 1 is 1.16 bits per heavy atom. The summed E-state index contributed by atoms with van der Waals surface area (Å²) < 4.78 is 32.6. The highest BCUT2D eigenvalue weighted by atomic mass is 19.1. The zero-order valence-corrected chi connectivity index (χ0v) is 16.4. The number of anilines is 1. The summed E-state index contributed by atoms with van der Waals surface area (Å²) in [5.41, 5.74) is 0.399. The summed E-state index contributed by atoms with van der Waals surface area (Å²) in [7, 11) is 0. The van der Waals surface area contributed by atoms with Crippen molar-refractivity contribution in [3.63, 3.8) is 0 Å². The van der Waals surface area contributed by atoms with Crippen LogP contribution in [0.25, 0.3) is 0 Å². The summed E-state index contributed by atoms with van der Waals surface area (Å²) in [5, 5.41) is 17.1. The van der Waals surface area contributed by atoms with E-state index >= 15 is 0 Å². The number of benzene rings is 1. The summed E-state index contributed by atoms with van der Waals surface area (Å²) in [6.45, 7) is -0.143. The Kier molecular flexibility index (Phi) is 7.63. The van der Waals surface area contributed by atoms with Gasteiger partial charge in [-0.2, -0.15) is 0 Å². The third-order valence-corrected chi connectivity index (χ3v) is 4.52. The van der Waals surface area contributed by atoms with Gasteiger partial charge in [-0.1, -0.05) is 18.2 Å². The SMILES string of the molecule is O=C(C[C@@H]1C=C[C@H](NC(=O)Nc2cc(F)ccc2F)[C@@H](CO)O1)NCc1ccccn1. The average Bonchev–Trinajstić information content (AvgIpc) is 2.76. The molecule has 2 aromatic rings. The zero-order valence-electron chi connectivity index (χ0n) is 16.4. The maximum absolute atomic E-state index is 13.7.